The lowest BCUT2D eigenvalue weighted by Gasteiger charge is -1.92. The molecule has 0 saturated heterocycles. The van der Waals surface area contributed by atoms with Crippen molar-refractivity contribution in [3.8, 4) is 5.75 Å². The minimum absolute atomic E-state index is 0.322. The lowest BCUT2D eigenvalue weighted by atomic mass is 10.1. The number of fused-ring (bicyclic) bond motifs is 1. The fraction of sp³-hybridized carbons (Fsp3) is 0.238. The SMILES string of the molecule is CC.CC.CO.Oc1ccccc1.c1ccc2ccccc2c1. The van der Waals surface area contributed by atoms with E-state index in [4.69, 9.17) is 10.2 Å². The van der Waals surface area contributed by atoms with Gasteiger partial charge >= 0.3 is 0 Å². The Kier molecular flexibility index (Phi) is 17.7. The molecule has 0 atom stereocenters. The van der Waals surface area contributed by atoms with Gasteiger partial charge in [-0.2, -0.15) is 0 Å². The Morgan fingerprint density at radius 1 is 0.478 bits per heavy atom. The molecular weight excluding hydrogens is 284 g/mol. The highest BCUT2D eigenvalue weighted by Crippen LogP contribution is 2.11. The zero-order valence-electron chi connectivity index (χ0n) is 14.9. The summed E-state index contributed by atoms with van der Waals surface area (Å²) in [6, 6.07) is 25.4. The third-order valence-electron chi connectivity index (χ3n) is 2.41. The van der Waals surface area contributed by atoms with Crippen LogP contribution in [0.2, 0.25) is 0 Å². The van der Waals surface area contributed by atoms with Crippen molar-refractivity contribution in [1.29, 1.82) is 0 Å². The lowest BCUT2D eigenvalue weighted by molar-refractivity contribution is 0.399. The zero-order chi connectivity index (χ0) is 17.9. The molecular formula is C21H30O2. The van der Waals surface area contributed by atoms with Gasteiger partial charge < -0.3 is 10.2 Å². The molecule has 0 fully saturated rings. The van der Waals surface area contributed by atoms with Gasteiger partial charge in [0.2, 0.25) is 0 Å². The van der Waals surface area contributed by atoms with Crippen LogP contribution < -0.4 is 0 Å². The average Bonchev–Trinajstić information content (AvgIpc) is 2.68. The zero-order valence-corrected chi connectivity index (χ0v) is 14.9. The topological polar surface area (TPSA) is 40.5 Å². The Bertz CT molecular complexity index is 512. The summed E-state index contributed by atoms with van der Waals surface area (Å²) in [6.45, 7) is 8.00. The van der Waals surface area contributed by atoms with Crippen molar-refractivity contribution < 1.29 is 10.2 Å². The highest BCUT2D eigenvalue weighted by molar-refractivity contribution is 5.81. The van der Waals surface area contributed by atoms with Gasteiger partial charge in [0.25, 0.3) is 0 Å². The van der Waals surface area contributed by atoms with Crippen LogP contribution in [0.4, 0.5) is 0 Å². The predicted molar refractivity (Wildman–Crippen MR) is 103 cm³/mol. The van der Waals surface area contributed by atoms with Crippen LogP contribution in [0.3, 0.4) is 0 Å². The molecule has 0 amide bonds. The Balaban J connectivity index is 0. The third-order valence-corrected chi connectivity index (χ3v) is 2.41. The van der Waals surface area contributed by atoms with Crippen molar-refractivity contribution >= 4 is 10.8 Å². The Hall–Kier alpha value is -2.32. The summed E-state index contributed by atoms with van der Waals surface area (Å²) in [7, 11) is 1.00. The second-order valence-electron chi connectivity index (χ2n) is 3.68. The van der Waals surface area contributed by atoms with Gasteiger partial charge in [0, 0.05) is 7.11 Å². The van der Waals surface area contributed by atoms with E-state index in [1.54, 1.807) is 24.3 Å². The lowest BCUT2D eigenvalue weighted by Crippen LogP contribution is -1.67. The van der Waals surface area contributed by atoms with Crippen LogP contribution in [0.1, 0.15) is 27.7 Å². The monoisotopic (exact) mass is 314 g/mol. The summed E-state index contributed by atoms with van der Waals surface area (Å²) in [4.78, 5) is 0. The summed E-state index contributed by atoms with van der Waals surface area (Å²) >= 11 is 0. The molecule has 0 aliphatic rings. The van der Waals surface area contributed by atoms with Gasteiger partial charge in [-0.05, 0) is 22.9 Å². The molecule has 23 heavy (non-hydrogen) atoms. The van der Waals surface area contributed by atoms with Crippen LogP contribution in [-0.2, 0) is 0 Å². The first-order valence-corrected chi connectivity index (χ1v) is 7.99. The number of phenols is 1. The number of aliphatic hydroxyl groups excluding tert-OH is 1. The molecule has 126 valence electrons. The van der Waals surface area contributed by atoms with Crippen molar-refractivity contribution in [2.45, 2.75) is 27.7 Å². The summed E-state index contributed by atoms with van der Waals surface area (Å²) in [5, 5.41) is 18.3. The number of aliphatic hydroxyl groups is 1. The van der Waals surface area contributed by atoms with E-state index in [-0.39, 0.29) is 0 Å². The maximum Gasteiger partial charge on any atom is 0.115 e. The molecule has 0 saturated carbocycles. The van der Waals surface area contributed by atoms with E-state index in [2.05, 4.69) is 48.5 Å². The molecule has 0 unspecified atom stereocenters. The minimum atomic E-state index is 0.322. The second-order valence-corrected chi connectivity index (χ2v) is 3.68. The maximum atomic E-state index is 8.63. The minimum Gasteiger partial charge on any atom is -0.508 e. The van der Waals surface area contributed by atoms with Crippen LogP contribution >= 0.6 is 0 Å². The normalized spacial score (nSPS) is 7.74. The van der Waals surface area contributed by atoms with E-state index >= 15 is 0 Å². The Morgan fingerprint density at radius 3 is 0.957 bits per heavy atom. The summed E-state index contributed by atoms with van der Waals surface area (Å²) in [5.41, 5.74) is 0. The number of para-hydroxylation sites is 1. The van der Waals surface area contributed by atoms with Gasteiger partial charge in [0.15, 0.2) is 0 Å². The van der Waals surface area contributed by atoms with Crippen LogP contribution in [0, 0.1) is 0 Å². The van der Waals surface area contributed by atoms with Gasteiger partial charge in [-0.3, -0.25) is 0 Å². The van der Waals surface area contributed by atoms with E-state index in [0.29, 0.717) is 5.75 Å². The first kappa shape index (κ1) is 23.0. The van der Waals surface area contributed by atoms with Crippen molar-refractivity contribution in [1.82, 2.24) is 0 Å². The van der Waals surface area contributed by atoms with Crippen molar-refractivity contribution in [2.24, 2.45) is 0 Å². The number of benzene rings is 3. The van der Waals surface area contributed by atoms with Gasteiger partial charge in [-0.1, -0.05) is 94.4 Å². The number of hydrogen-bond donors (Lipinski definition) is 2. The molecule has 3 rings (SSSR count). The summed E-state index contributed by atoms with van der Waals surface area (Å²) < 4.78 is 0. The molecule has 2 nitrogen and oxygen atoms in total. The fourth-order valence-corrected chi connectivity index (χ4v) is 1.56. The average molecular weight is 314 g/mol. The molecule has 0 aliphatic carbocycles. The fourth-order valence-electron chi connectivity index (χ4n) is 1.56. The van der Waals surface area contributed by atoms with E-state index in [9.17, 15) is 0 Å². The highest BCUT2D eigenvalue weighted by atomic mass is 16.3. The third kappa shape index (κ3) is 11.0. The van der Waals surface area contributed by atoms with Gasteiger partial charge in [0.05, 0.1) is 0 Å². The summed E-state index contributed by atoms with van der Waals surface area (Å²) in [5.74, 6) is 0.322. The van der Waals surface area contributed by atoms with Crippen LogP contribution in [0.25, 0.3) is 10.8 Å². The van der Waals surface area contributed by atoms with Crippen molar-refractivity contribution in [3.63, 3.8) is 0 Å². The smallest absolute Gasteiger partial charge is 0.115 e. The van der Waals surface area contributed by atoms with E-state index in [0.717, 1.165) is 7.11 Å². The quantitative estimate of drug-likeness (QED) is 0.543. The molecule has 3 aromatic rings. The van der Waals surface area contributed by atoms with Crippen LogP contribution in [0.5, 0.6) is 5.75 Å². The Morgan fingerprint density at radius 2 is 0.739 bits per heavy atom. The van der Waals surface area contributed by atoms with Crippen molar-refractivity contribution in [3.05, 3.63) is 78.9 Å². The first-order valence-electron chi connectivity index (χ1n) is 7.99. The van der Waals surface area contributed by atoms with E-state index in [1.165, 1.54) is 10.8 Å². The molecule has 2 heteroatoms. The summed E-state index contributed by atoms with van der Waals surface area (Å²) in [6.07, 6.45) is 0. The number of rotatable bonds is 0. The number of hydrogen-bond acceptors (Lipinski definition) is 2. The molecule has 0 aliphatic heterocycles. The maximum absolute atomic E-state index is 8.63. The molecule has 0 bridgehead atoms. The Labute approximate surface area is 141 Å². The molecule has 0 heterocycles. The molecule has 0 spiro atoms. The van der Waals surface area contributed by atoms with Crippen LogP contribution in [-0.4, -0.2) is 17.3 Å². The second kappa shape index (κ2) is 17.7. The molecule has 3 aromatic carbocycles. The molecule has 2 N–H and O–H groups in total. The predicted octanol–water partition coefficient (Wildman–Crippen LogP) is 5.89. The highest BCUT2D eigenvalue weighted by Gasteiger charge is 1.85. The van der Waals surface area contributed by atoms with Gasteiger partial charge in [0.1, 0.15) is 5.75 Å². The molecule has 0 radical (unpaired) electrons. The standard InChI is InChI=1S/C10H8.C6H6O.2C2H6.CH4O/c1-2-6-10-8-4-3-7-9(10)5-1;7-6-4-2-1-3-5-6;3*1-2/h1-8H;1-5,7H;2*1-2H3;2H,1H3. The first-order chi connectivity index (χ1) is 11.4. The van der Waals surface area contributed by atoms with Crippen molar-refractivity contribution in [2.75, 3.05) is 7.11 Å². The molecule has 0 aromatic heterocycles. The largest absolute Gasteiger partial charge is 0.508 e. The number of aromatic hydroxyl groups is 1. The van der Waals surface area contributed by atoms with Gasteiger partial charge in [-0.15, -0.1) is 0 Å². The number of phenolic OH excluding ortho intramolecular Hbond substituents is 1. The van der Waals surface area contributed by atoms with Crippen LogP contribution in [0.15, 0.2) is 78.9 Å². The van der Waals surface area contributed by atoms with E-state index in [1.807, 2.05) is 33.8 Å². The van der Waals surface area contributed by atoms with E-state index < -0.39 is 0 Å². The van der Waals surface area contributed by atoms with Gasteiger partial charge in [-0.25, -0.2) is 0 Å².